The van der Waals surface area contributed by atoms with Gasteiger partial charge >= 0.3 is 0 Å². The molecule has 4 aromatic rings. The minimum atomic E-state index is -0.0432. The molecule has 28 heavy (non-hydrogen) atoms. The quantitative estimate of drug-likeness (QED) is 0.536. The number of nitrogens with zero attached hydrogens (tertiary/aromatic N) is 4. The van der Waals surface area contributed by atoms with Crippen molar-refractivity contribution in [3.8, 4) is 0 Å². The number of rotatable bonds is 7. The summed E-state index contributed by atoms with van der Waals surface area (Å²) < 4.78 is 3.73. The fraction of sp³-hybridized carbons (Fsp3) is 0.227. The van der Waals surface area contributed by atoms with Crippen LogP contribution in [0.3, 0.4) is 0 Å². The zero-order chi connectivity index (χ0) is 19.3. The Labute approximate surface area is 163 Å². The molecule has 0 unspecified atom stereocenters. The molecule has 0 saturated heterocycles. The second-order valence-corrected chi connectivity index (χ2v) is 6.96. The fourth-order valence-electron chi connectivity index (χ4n) is 3.25. The molecule has 1 amide bonds. The average Bonchev–Trinajstić information content (AvgIpc) is 3.32. The first-order valence-electron chi connectivity index (χ1n) is 9.46. The average molecular weight is 373 g/mol. The van der Waals surface area contributed by atoms with Crippen molar-refractivity contribution in [2.45, 2.75) is 32.9 Å². The summed E-state index contributed by atoms with van der Waals surface area (Å²) in [7, 11) is 0. The Bertz CT molecular complexity index is 1080. The standard InChI is InChI=1S/C22H23N5O/c1-17-7-8-21-19(13-17)14-24-27(21)12-10-22(28)25-20-15-23-26(16-20)11-9-18-5-3-2-4-6-18/h2-8,13-16H,9-12H2,1H3,(H,25,28). The van der Waals surface area contributed by atoms with Gasteiger partial charge in [-0.3, -0.25) is 14.2 Å². The van der Waals surface area contributed by atoms with Crippen LogP contribution in [0.5, 0.6) is 0 Å². The molecule has 0 radical (unpaired) electrons. The van der Waals surface area contributed by atoms with Gasteiger partial charge in [0.05, 0.1) is 30.1 Å². The maximum atomic E-state index is 12.3. The second-order valence-electron chi connectivity index (χ2n) is 6.96. The first-order valence-corrected chi connectivity index (χ1v) is 9.46. The third kappa shape index (κ3) is 4.28. The van der Waals surface area contributed by atoms with Gasteiger partial charge < -0.3 is 5.32 Å². The van der Waals surface area contributed by atoms with Crippen molar-refractivity contribution in [3.63, 3.8) is 0 Å². The molecule has 4 rings (SSSR count). The van der Waals surface area contributed by atoms with Crippen LogP contribution in [0.4, 0.5) is 5.69 Å². The van der Waals surface area contributed by atoms with E-state index in [9.17, 15) is 4.79 Å². The first kappa shape index (κ1) is 18.0. The lowest BCUT2D eigenvalue weighted by molar-refractivity contribution is -0.116. The first-order chi connectivity index (χ1) is 13.7. The number of nitrogens with one attached hydrogen (secondary N) is 1. The maximum Gasteiger partial charge on any atom is 0.226 e. The molecule has 142 valence electrons. The fourth-order valence-corrected chi connectivity index (χ4v) is 3.25. The highest BCUT2D eigenvalue weighted by molar-refractivity contribution is 5.90. The number of anilines is 1. The van der Waals surface area contributed by atoms with E-state index in [4.69, 9.17) is 0 Å². The SMILES string of the molecule is Cc1ccc2c(cnn2CCC(=O)Nc2cnn(CCc3ccccc3)c2)c1. The van der Waals surface area contributed by atoms with Gasteiger partial charge in [0.1, 0.15) is 0 Å². The Hall–Kier alpha value is -3.41. The number of carbonyl (C=O) groups is 1. The third-order valence-electron chi connectivity index (χ3n) is 4.74. The van der Waals surface area contributed by atoms with Gasteiger partial charge in [0.25, 0.3) is 0 Å². The Morgan fingerprint density at radius 2 is 1.89 bits per heavy atom. The molecular formula is C22H23N5O. The van der Waals surface area contributed by atoms with E-state index in [-0.39, 0.29) is 5.91 Å². The minimum Gasteiger partial charge on any atom is -0.323 e. The molecule has 0 aliphatic heterocycles. The lowest BCUT2D eigenvalue weighted by Gasteiger charge is -2.05. The summed E-state index contributed by atoms with van der Waals surface area (Å²) in [5.41, 5.74) is 4.24. The molecule has 2 aromatic heterocycles. The zero-order valence-corrected chi connectivity index (χ0v) is 15.9. The van der Waals surface area contributed by atoms with Crippen LogP contribution in [0.2, 0.25) is 0 Å². The molecule has 0 bridgehead atoms. The van der Waals surface area contributed by atoms with E-state index in [1.165, 1.54) is 11.1 Å². The van der Waals surface area contributed by atoms with Crippen molar-refractivity contribution in [2.75, 3.05) is 5.32 Å². The van der Waals surface area contributed by atoms with Crippen LogP contribution in [0.15, 0.2) is 67.1 Å². The Kier molecular flexibility index (Phi) is 5.19. The molecule has 0 aliphatic rings. The molecule has 0 fully saturated rings. The predicted molar refractivity (Wildman–Crippen MR) is 110 cm³/mol. The molecule has 6 heteroatoms. The smallest absolute Gasteiger partial charge is 0.226 e. The van der Waals surface area contributed by atoms with E-state index in [2.05, 4.69) is 46.7 Å². The van der Waals surface area contributed by atoms with Crippen LogP contribution in [0, 0.1) is 6.92 Å². The van der Waals surface area contributed by atoms with E-state index < -0.39 is 0 Å². The van der Waals surface area contributed by atoms with Crippen molar-refractivity contribution >= 4 is 22.5 Å². The second kappa shape index (κ2) is 8.08. The Balaban J connectivity index is 1.29. The lowest BCUT2D eigenvalue weighted by atomic mass is 10.1. The van der Waals surface area contributed by atoms with Gasteiger partial charge in [-0.05, 0) is 31.0 Å². The van der Waals surface area contributed by atoms with Gasteiger partial charge in [-0.15, -0.1) is 0 Å². The topological polar surface area (TPSA) is 64.7 Å². The van der Waals surface area contributed by atoms with Crippen molar-refractivity contribution in [1.29, 1.82) is 0 Å². The Morgan fingerprint density at radius 1 is 1.04 bits per heavy atom. The van der Waals surface area contributed by atoms with Gasteiger partial charge in [0.15, 0.2) is 0 Å². The summed E-state index contributed by atoms with van der Waals surface area (Å²) in [5, 5.41) is 12.7. The lowest BCUT2D eigenvalue weighted by Crippen LogP contribution is -2.14. The third-order valence-corrected chi connectivity index (χ3v) is 4.74. The number of fused-ring (bicyclic) bond motifs is 1. The van der Waals surface area contributed by atoms with Crippen LogP contribution >= 0.6 is 0 Å². The molecule has 6 nitrogen and oxygen atoms in total. The maximum absolute atomic E-state index is 12.3. The van der Waals surface area contributed by atoms with Gasteiger partial charge in [-0.25, -0.2) is 0 Å². The molecule has 2 heterocycles. The van der Waals surface area contributed by atoms with Crippen LogP contribution in [0.1, 0.15) is 17.5 Å². The molecule has 0 spiro atoms. The van der Waals surface area contributed by atoms with E-state index in [0.717, 1.165) is 29.6 Å². The molecule has 0 aliphatic carbocycles. The van der Waals surface area contributed by atoms with Gasteiger partial charge in [-0.2, -0.15) is 10.2 Å². The van der Waals surface area contributed by atoms with Crippen molar-refractivity contribution in [1.82, 2.24) is 19.6 Å². The monoisotopic (exact) mass is 373 g/mol. The molecule has 0 saturated carbocycles. The molecular weight excluding hydrogens is 350 g/mol. The minimum absolute atomic E-state index is 0.0432. The number of amides is 1. The highest BCUT2D eigenvalue weighted by Crippen LogP contribution is 2.16. The largest absolute Gasteiger partial charge is 0.323 e. The van der Waals surface area contributed by atoms with Crippen LogP contribution < -0.4 is 5.32 Å². The summed E-state index contributed by atoms with van der Waals surface area (Å²) in [6, 6.07) is 16.5. The van der Waals surface area contributed by atoms with Gasteiger partial charge in [-0.1, -0.05) is 42.0 Å². The number of hydrogen-bond donors (Lipinski definition) is 1. The van der Waals surface area contributed by atoms with Gasteiger partial charge in [0.2, 0.25) is 5.91 Å². The normalized spacial score (nSPS) is 11.0. The number of carbonyl (C=O) groups excluding carboxylic acids is 1. The Morgan fingerprint density at radius 3 is 2.75 bits per heavy atom. The summed E-state index contributed by atoms with van der Waals surface area (Å²) in [6.45, 7) is 3.38. The number of aromatic nitrogens is 4. The van der Waals surface area contributed by atoms with Crippen molar-refractivity contribution < 1.29 is 4.79 Å². The summed E-state index contributed by atoms with van der Waals surface area (Å²) >= 11 is 0. The van der Waals surface area contributed by atoms with E-state index in [1.807, 2.05) is 46.0 Å². The number of hydrogen-bond acceptors (Lipinski definition) is 3. The molecule has 0 atom stereocenters. The zero-order valence-electron chi connectivity index (χ0n) is 15.9. The van der Waals surface area contributed by atoms with Crippen LogP contribution in [0.25, 0.3) is 10.9 Å². The summed E-state index contributed by atoms with van der Waals surface area (Å²) in [6.07, 6.45) is 6.67. The van der Waals surface area contributed by atoms with E-state index in [1.54, 1.807) is 6.20 Å². The van der Waals surface area contributed by atoms with Crippen molar-refractivity contribution in [3.05, 3.63) is 78.2 Å². The number of aryl methyl sites for hydroxylation is 4. The van der Waals surface area contributed by atoms with Crippen LogP contribution in [-0.4, -0.2) is 25.5 Å². The van der Waals surface area contributed by atoms with E-state index in [0.29, 0.717) is 13.0 Å². The summed E-state index contributed by atoms with van der Waals surface area (Å²) in [4.78, 5) is 12.3. The molecule has 1 N–H and O–H groups in total. The highest BCUT2D eigenvalue weighted by Gasteiger charge is 2.08. The molecule has 2 aromatic carbocycles. The van der Waals surface area contributed by atoms with Gasteiger partial charge in [0, 0.05) is 24.5 Å². The van der Waals surface area contributed by atoms with E-state index >= 15 is 0 Å². The van der Waals surface area contributed by atoms with Crippen LogP contribution in [-0.2, 0) is 24.3 Å². The number of benzene rings is 2. The highest BCUT2D eigenvalue weighted by atomic mass is 16.1. The van der Waals surface area contributed by atoms with Crippen molar-refractivity contribution in [2.24, 2.45) is 0 Å². The summed E-state index contributed by atoms with van der Waals surface area (Å²) in [5.74, 6) is -0.0432. The predicted octanol–water partition coefficient (Wildman–Crippen LogP) is 3.81.